The van der Waals surface area contributed by atoms with E-state index in [1.807, 2.05) is 30.3 Å². The molecule has 1 saturated heterocycles. The lowest BCUT2D eigenvalue weighted by molar-refractivity contribution is -0.130. The molecular formula is C21H27N5O4. The van der Waals surface area contributed by atoms with Gasteiger partial charge in [-0.25, -0.2) is 0 Å². The summed E-state index contributed by atoms with van der Waals surface area (Å²) >= 11 is 0. The number of hydrogen-bond donors (Lipinski definition) is 1. The predicted molar refractivity (Wildman–Crippen MR) is 111 cm³/mol. The van der Waals surface area contributed by atoms with Gasteiger partial charge in [0, 0.05) is 51.9 Å². The maximum Gasteiger partial charge on any atom is 0.273 e. The van der Waals surface area contributed by atoms with Crippen molar-refractivity contribution in [2.45, 2.75) is 6.42 Å². The Bertz CT molecular complexity index is 881. The van der Waals surface area contributed by atoms with Gasteiger partial charge in [0.1, 0.15) is 0 Å². The highest BCUT2D eigenvalue weighted by Crippen LogP contribution is 2.19. The highest BCUT2D eigenvalue weighted by Gasteiger charge is 2.22. The van der Waals surface area contributed by atoms with Crippen LogP contribution in [0, 0.1) is 0 Å². The lowest BCUT2D eigenvalue weighted by Gasteiger charge is -2.22. The summed E-state index contributed by atoms with van der Waals surface area (Å²) in [5, 5.41) is 6.41. The first-order valence-corrected chi connectivity index (χ1v) is 9.94. The molecular weight excluding hydrogens is 386 g/mol. The van der Waals surface area contributed by atoms with Crippen molar-refractivity contribution in [3.63, 3.8) is 0 Å². The number of hydrogen-bond acceptors (Lipinski definition) is 6. The van der Waals surface area contributed by atoms with Gasteiger partial charge in [-0.3, -0.25) is 19.3 Å². The van der Waals surface area contributed by atoms with Crippen LogP contribution in [0.1, 0.15) is 16.9 Å². The molecule has 1 aromatic carbocycles. The third kappa shape index (κ3) is 5.66. The van der Waals surface area contributed by atoms with Crippen molar-refractivity contribution in [3.05, 3.63) is 42.1 Å². The summed E-state index contributed by atoms with van der Waals surface area (Å²) in [6.45, 7) is 2.76. The lowest BCUT2D eigenvalue weighted by Crippen LogP contribution is -2.43. The van der Waals surface area contributed by atoms with E-state index in [1.54, 1.807) is 30.0 Å². The third-order valence-electron chi connectivity index (χ3n) is 5.00. The summed E-state index contributed by atoms with van der Waals surface area (Å²) in [4.78, 5) is 42.1. The normalized spacial score (nSPS) is 14.8. The van der Waals surface area contributed by atoms with E-state index < -0.39 is 5.91 Å². The average Bonchev–Trinajstić information content (AvgIpc) is 3.13. The van der Waals surface area contributed by atoms with Crippen molar-refractivity contribution in [3.8, 4) is 11.3 Å². The smallest absolute Gasteiger partial charge is 0.273 e. The maximum atomic E-state index is 12.5. The topological polar surface area (TPSA) is 99.0 Å². The summed E-state index contributed by atoms with van der Waals surface area (Å²) in [5.74, 6) is -0.0743. The number of rotatable bonds is 6. The summed E-state index contributed by atoms with van der Waals surface area (Å²) < 4.78 is 5.23. The van der Waals surface area contributed by atoms with E-state index in [0.29, 0.717) is 31.9 Å². The molecule has 2 aromatic rings. The SMILES string of the molecule is CN(C)C(=O)CN1CCCN(C(=O)CNC(=O)c2cc(-c3ccccc3)on2)CC1. The van der Waals surface area contributed by atoms with Crippen LogP contribution in [0.4, 0.5) is 0 Å². The van der Waals surface area contributed by atoms with Crippen molar-refractivity contribution in [2.24, 2.45) is 0 Å². The van der Waals surface area contributed by atoms with Gasteiger partial charge in [0.25, 0.3) is 5.91 Å². The third-order valence-corrected chi connectivity index (χ3v) is 5.00. The molecule has 1 aliphatic rings. The number of carbonyl (C=O) groups is 3. The largest absolute Gasteiger partial charge is 0.355 e. The molecule has 0 aliphatic carbocycles. The number of carbonyl (C=O) groups excluding carboxylic acids is 3. The highest BCUT2D eigenvalue weighted by atomic mass is 16.5. The van der Waals surface area contributed by atoms with E-state index in [-0.39, 0.29) is 24.1 Å². The number of benzene rings is 1. The Labute approximate surface area is 175 Å². The molecule has 0 radical (unpaired) electrons. The number of amides is 3. The molecule has 9 nitrogen and oxygen atoms in total. The quantitative estimate of drug-likeness (QED) is 0.748. The van der Waals surface area contributed by atoms with Crippen LogP contribution in [0.25, 0.3) is 11.3 Å². The molecule has 3 amide bonds. The van der Waals surface area contributed by atoms with Gasteiger partial charge in [0.05, 0.1) is 13.1 Å². The minimum absolute atomic E-state index is 0.0459. The van der Waals surface area contributed by atoms with Crippen LogP contribution < -0.4 is 5.32 Å². The maximum absolute atomic E-state index is 12.5. The zero-order valence-corrected chi connectivity index (χ0v) is 17.3. The molecule has 1 aromatic heterocycles. The summed E-state index contributed by atoms with van der Waals surface area (Å²) in [7, 11) is 3.46. The Hall–Kier alpha value is -3.20. The molecule has 2 heterocycles. The number of likely N-dealkylation sites (N-methyl/N-ethyl adjacent to an activating group) is 1. The molecule has 1 aliphatic heterocycles. The first-order valence-electron chi connectivity index (χ1n) is 9.94. The number of nitrogens with one attached hydrogen (secondary N) is 1. The molecule has 0 bridgehead atoms. The van der Waals surface area contributed by atoms with Gasteiger partial charge >= 0.3 is 0 Å². The van der Waals surface area contributed by atoms with Crippen LogP contribution in [0.2, 0.25) is 0 Å². The van der Waals surface area contributed by atoms with Crippen LogP contribution in [-0.2, 0) is 9.59 Å². The molecule has 0 spiro atoms. The zero-order valence-electron chi connectivity index (χ0n) is 17.3. The fourth-order valence-electron chi connectivity index (χ4n) is 3.19. The van der Waals surface area contributed by atoms with Crippen molar-refractivity contribution in [1.82, 2.24) is 25.2 Å². The van der Waals surface area contributed by atoms with E-state index in [0.717, 1.165) is 18.5 Å². The molecule has 3 rings (SSSR count). The van der Waals surface area contributed by atoms with Crippen LogP contribution in [0.3, 0.4) is 0 Å². The van der Waals surface area contributed by atoms with Gasteiger partial charge in [-0.15, -0.1) is 0 Å². The fraction of sp³-hybridized carbons (Fsp3) is 0.429. The predicted octanol–water partition coefficient (Wildman–Crippen LogP) is 0.694. The van der Waals surface area contributed by atoms with Gasteiger partial charge in [0.2, 0.25) is 11.8 Å². The molecule has 30 heavy (non-hydrogen) atoms. The Balaban J connectivity index is 1.48. The van der Waals surface area contributed by atoms with E-state index in [1.165, 1.54) is 0 Å². The monoisotopic (exact) mass is 413 g/mol. The first kappa shape index (κ1) is 21.5. The second kappa shape index (κ2) is 10.0. The highest BCUT2D eigenvalue weighted by molar-refractivity contribution is 5.95. The van der Waals surface area contributed by atoms with E-state index in [4.69, 9.17) is 4.52 Å². The lowest BCUT2D eigenvalue weighted by atomic mass is 10.1. The minimum Gasteiger partial charge on any atom is -0.355 e. The van der Waals surface area contributed by atoms with Crippen molar-refractivity contribution in [2.75, 3.05) is 53.4 Å². The molecule has 0 saturated carbocycles. The van der Waals surface area contributed by atoms with Crippen LogP contribution >= 0.6 is 0 Å². The van der Waals surface area contributed by atoms with Crippen molar-refractivity contribution < 1.29 is 18.9 Å². The van der Waals surface area contributed by atoms with Crippen LogP contribution in [-0.4, -0.2) is 90.9 Å². The standard InChI is InChI=1S/C21H27N5O4/c1-24(2)20(28)15-25-9-6-10-26(12-11-25)19(27)14-22-21(29)17-13-18(30-23-17)16-7-4-3-5-8-16/h3-5,7-8,13H,6,9-12,14-15H2,1-2H3,(H,22,29). The second-order valence-corrected chi connectivity index (χ2v) is 7.42. The van der Waals surface area contributed by atoms with Gasteiger partial charge in [-0.1, -0.05) is 35.5 Å². The number of aromatic nitrogens is 1. The van der Waals surface area contributed by atoms with E-state index in [2.05, 4.69) is 15.4 Å². The summed E-state index contributed by atoms with van der Waals surface area (Å²) in [5.41, 5.74) is 0.952. The van der Waals surface area contributed by atoms with E-state index in [9.17, 15) is 14.4 Å². The fourth-order valence-corrected chi connectivity index (χ4v) is 3.19. The number of nitrogens with zero attached hydrogens (tertiary/aromatic N) is 4. The van der Waals surface area contributed by atoms with Crippen LogP contribution in [0.15, 0.2) is 40.9 Å². The molecule has 1 fully saturated rings. The van der Waals surface area contributed by atoms with Crippen molar-refractivity contribution in [1.29, 1.82) is 0 Å². The van der Waals surface area contributed by atoms with Crippen molar-refractivity contribution >= 4 is 17.7 Å². The summed E-state index contributed by atoms with van der Waals surface area (Å²) in [6.07, 6.45) is 0.782. The minimum atomic E-state index is -0.456. The van der Waals surface area contributed by atoms with Crippen LogP contribution in [0.5, 0.6) is 0 Å². The molecule has 160 valence electrons. The Morgan fingerprint density at radius 1 is 1.10 bits per heavy atom. The second-order valence-electron chi connectivity index (χ2n) is 7.42. The van der Waals surface area contributed by atoms with Gasteiger partial charge in [0.15, 0.2) is 11.5 Å². The zero-order chi connectivity index (χ0) is 21.5. The van der Waals surface area contributed by atoms with Gasteiger partial charge in [-0.2, -0.15) is 0 Å². The first-order chi connectivity index (χ1) is 14.4. The summed E-state index contributed by atoms with van der Waals surface area (Å²) in [6, 6.07) is 10.9. The van der Waals surface area contributed by atoms with Gasteiger partial charge < -0.3 is 19.6 Å². The average molecular weight is 413 g/mol. The molecule has 9 heteroatoms. The Kier molecular flexibility index (Phi) is 7.18. The van der Waals surface area contributed by atoms with E-state index >= 15 is 0 Å². The molecule has 1 N–H and O–H groups in total. The Morgan fingerprint density at radius 2 is 1.87 bits per heavy atom. The Morgan fingerprint density at radius 3 is 2.60 bits per heavy atom. The molecule has 0 unspecified atom stereocenters. The molecule has 0 atom stereocenters. The van der Waals surface area contributed by atoms with Gasteiger partial charge in [-0.05, 0) is 6.42 Å².